The molecule has 2 aromatic carbocycles. The molecule has 0 saturated heterocycles. The molecule has 2 unspecified atom stereocenters. The molecule has 0 spiro atoms. The second-order valence-corrected chi connectivity index (χ2v) is 7.93. The van der Waals surface area contributed by atoms with Crippen LogP contribution in [-0.2, 0) is 24.8 Å². The van der Waals surface area contributed by atoms with Crippen LogP contribution in [0, 0.1) is 6.92 Å². The number of methoxy groups -OCH3 is 3. The monoisotopic (exact) mass is 486 g/mol. The Kier molecular flexibility index (Phi) is 8.94. The second kappa shape index (κ2) is 11.2. The molecule has 0 radical (unpaired) electrons. The molecular weight excluding hydrogens is 464 g/mol. The number of hydrogen-bond acceptors (Lipinski definition) is 7. The lowest BCUT2D eigenvalue weighted by molar-refractivity contribution is -0.149. The number of hydrogen-bond donors (Lipinski definition) is 0. The largest absolute Gasteiger partial charge is 0.493 e. The fourth-order valence-electron chi connectivity index (χ4n) is 2.43. The van der Waals surface area contributed by atoms with Crippen molar-refractivity contribution in [1.29, 1.82) is 0 Å². The summed E-state index contributed by atoms with van der Waals surface area (Å²) in [6, 6.07) is 10.6. The van der Waals surface area contributed by atoms with Gasteiger partial charge in [-0.05, 0) is 47.1 Å². The maximum absolute atomic E-state index is 12.3. The van der Waals surface area contributed by atoms with Crippen LogP contribution in [0.3, 0.4) is 0 Å². The Balaban J connectivity index is 2.10. The van der Waals surface area contributed by atoms with Crippen LogP contribution in [0.1, 0.15) is 12.0 Å². The quantitative estimate of drug-likeness (QED) is 0.472. The van der Waals surface area contributed by atoms with E-state index in [-0.39, 0.29) is 13.0 Å². The van der Waals surface area contributed by atoms with E-state index in [1.165, 1.54) is 21.3 Å². The summed E-state index contributed by atoms with van der Waals surface area (Å²) in [5.41, 5.74) is 1.06. The van der Waals surface area contributed by atoms with Gasteiger partial charge < -0.3 is 18.9 Å². The standard InChI is InChI=1S/C20H23BrO7S/c1-13-5-7-14(8-6-13)29(23)27-12-11-17(20(22)26-4)28-18-15(21)9-10-16(24-2)19(18)25-3/h5-10,17H,11-12H2,1-4H3. The molecule has 0 saturated carbocycles. The first-order valence-corrected chi connectivity index (χ1v) is 10.5. The number of ether oxygens (including phenoxy) is 4. The lowest BCUT2D eigenvalue weighted by Gasteiger charge is -2.20. The smallest absolute Gasteiger partial charge is 0.347 e. The molecule has 9 heteroatoms. The van der Waals surface area contributed by atoms with E-state index in [1.54, 1.807) is 24.3 Å². The average molecular weight is 487 g/mol. The van der Waals surface area contributed by atoms with Gasteiger partial charge in [0.2, 0.25) is 5.75 Å². The van der Waals surface area contributed by atoms with Crippen molar-refractivity contribution in [2.75, 3.05) is 27.9 Å². The fraction of sp³-hybridized carbons (Fsp3) is 0.350. The molecule has 0 fully saturated rings. The Hall–Kier alpha value is -2.10. The molecule has 0 N–H and O–H groups in total. The first-order valence-electron chi connectivity index (χ1n) is 8.68. The molecule has 2 rings (SSSR count). The normalized spacial score (nSPS) is 12.7. The molecular formula is C20H23BrO7S. The van der Waals surface area contributed by atoms with Crippen molar-refractivity contribution in [2.24, 2.45) is 0 Å². The highest BCUT2D eigenvalue weighted by Gasteiger charge is 2.26. The third-order valence-corrected chi connectivity index (χ3v) is 5.62. The highest BCUT2D eigenvalue weighted by Crippen LogP contribution is 2.43. The van der Waals surface area contributed by atoms with Crippen LogP contribution in [0.4, 0.5) is 0 Å². The highest BCUT2D eigenvalue weighted by atomic mass is 79.9. The summed E-state index contributed by atoms with van der Waals surface area (Å²) >= 11 is 1.74. The minimum Gasteiger partial charge on any atom is -0.493 e. The summed E-state index contributed by atoms with van der Waals surface area (Å²) in [6.45, 7) is 1.96. The third-order valence-electron chi connectivity index (χ3n) is 3.96. The number of benzene rings is 2. The van der Waals surface area contributed by atoms with Crippen LogP contribution >= 0.6 is 15.9 Å². The first kappa shape index (κ1) is 23.2. The molecule has 2 atom stereocenters. The van der Waals surface area contributed by atoms with Gasteiger partial charge in [-0.15, -0.1) is 0 Å². The van der Waals surface area contributed by atoms with Crippen LogP contribution in [-0.4, -0.2) is 44.2 Å². The van der Waals surface area contributed by atoms with Gasteiger partial charge in [0, 0.05) is 6.42 Å². The van der Waals surface area contributed by atoms with E-state index in [1.807, 2.05) is 19.1 Å². The van der Waals surface area contributed by atoms with Crippen molar-refractivity contribution in [3.63, 3.8) is 0 Å². The maximum atomic E-state index is 12.3. The molecule has 0 aromatic heterocycles. The summed E-state index contributed by atoms with van der Waals surface area (Å²) in [5, 5.41) is 0. The summed E-state index contributed by atoms with van der Waals surface area (Å²) in [4.78, 5) is 12.7. The van der Waals surface area contributed by atoms with Gasteiger partial charge in [-0.3, -0.25) is 4.18 Å². The molecule has 0 bridgehead atoms. The van der Waals surface area contributed by atoms with E-state index in [0.717, 1.165) is 5.56 Å². The summed E-state index contributed by atoms with van der Waals surface area (Å²) < 4.78 is 39.5. The Bertz CT molecular complexity index is 855. The Morgan fingerprint density at radius 2 is 1.72 bits per heavy atom. The molecule has 0 heterocycles. The van der Waals surface area contributed by atoms with Gasteiger partial charge in [-0.1, -0.05) is 17.7 Å². The molecule has 7 nitrogen and oxygen atoms in total. The van der Waals surface area contributed by atoms with E-state index >= 15 is 0 Å². The SMILES string of the molecule is COC(=O)C(CCOS(=O)c1ccc(C)cc1)Oc1c(Br)ccc(OC)c1OC. The maximum Gasteiger partial charge on any atom is 0.347 e. The molecule has 0 amide bonds. The van der Waals surface area contributed by atoms with Gasteiger partial charge in [0.25, 0.3) is 0 Å². The van der Waals surface area contributed by atoms with Crippen LogP contribution in [0.2, 0.25) is 0 Å². The van der Waals surface area contributed by atoms with Gasteiger partial charge in [-0.2, -0.15) is 0 Å². The molecule has 0 aliphatic heterocycles. The number of rotatable bonds is 10. The van der Waals surface area contributed by atoms with Gasteiger partial charge in [0.05, 0.1) is 37.3 Å². The predicted octanol–water partition coefficient (Wildman–Crippen LogP) is 3.82. The lowest BCUT2D eigenvalue weighted by Crippen LogP contribution is -2.30. The molecule has 2 aromatic rings. The second-order valence-electron chi connectivity index (χ2n) is 5.90. The van der Waals surface area contributed by atoms with Gasteiger partial charge in [-0.25, -0.2) is 9.00 Å². The Labute approximate surface area is 181 Å². The predicted molar refractivity (Wildman–Crippen MR) is 112 cm³/mol. The number of aryl methyl sites for hydroxylation is 1. The number of halogens is 1. The van der Waals surface area contributed by atoms with Gasteiger partial charge in [0.15, 0.2) is 28.7 Å². The van der Waals surface area contributed by atoms with Crippen LogP contribution < -0.4 is 14.2 Å². The van der Waals surface area contributed by atoms with Crippen molar-refractivity contribution in [1.82, 2.24) is 0 Å². The summed E-state index contributed by atoms with van der Waals surface area (Å²) in [5.74, 6) is 0.486. The zero-order valence-electron chi connectivity index (χ0n) is 16.6. The summed E-state index contributed by atoms with van der Waals surface area (Å²) in [6.07, 6.45) is -0.871. The van der Waals surface area contributed by atoms with Crippen molar-refractivity contribution in [2.45, 2.75) is 24.3 Å². The van der Waals surface area contributed by atoms with Gasteiger partial charge in [0.1, 0.15) is 0 Å². The van der Waals surface area contributed by atoms with Crippen molar-refractivity contribution >= 4 is 33.0 Å². The zero-order chi connectivity index (χ0) is 21.4. The van der Waals surface area contributed by atoms with Gasteiger partial charge >= 0.3 is 5.97 Å². The number of carbonyl (C=O) groups is 1. The molecule has 0 aliphatic carbocycles. The Morgan fingerprint density at radius 3 is 2.31 bits per heavy atom. The average Bonchev–Trinajstić information content (AvgIpc) is 2.73. The van der Waals surface area contributed by atoms with Crippen molar-refractivity contribution in [3.05, 3.63) is 46.4 Å². The Morgan fingerprint density at radius 1 is 1.03 bits per heavy atom. The van der Waals surface area contributed by atoms with Crippen LogP contribution in [0.25, 0.3) is 0 Å². The minimum atomic E-state index is -1.65. The van der Waals surface area contributed by atoms with Crippen LogP contribution in [0.5, 0.6) is 17.2 Å². The molecule has 0 aliphatic rings. The van der Waals surface area contributed by atoms with E-state index in [9.17, 15) is 9.00 Å². The zero-order valence-corrected chi connectivity index (χ0v) is 19.0. The van der Waals surface area contributed by atoms with Crippen molar-refractivity contribution in [3.8, 4) is 17.2 Å². The van der Waals surface area contributed by atoms with E-state index in [4.69, 9.17) is 23.1 Å². The summed E-state index contributed by atoms with van der Waals surface area (Å²) in [7, 11) is 4.24. The third kappa shape index (κ3) is 6.19. The fourth-order valence-corrected chi connectivity index (χ4v) is 3.58. The molecule has 158 valence electrons. The van der Waals surface area contributed by atoms with E-state index in [2.05, 4.69) is 15.9 Å². The number of carbonyl (C=O) groups excluding carboxylic acids is 1. The van der Waals surface area contributed by atoms with E-state index < -0.39 is 23.2 Å². The highest BCUT2D eigenvalue weighted by molar-refractivity contribution is 9.10. The van der Waals surface area contributed by atoms with Crippen LogP contribution in [0.15, 0.2) is 45.8 Å². The first-order chi connectivity index (χ1) is 13.9. The topological polar surface area (TPSA) is 80.3 Å². The molecule has 29 heavy (non-hydrogen) atoms. The number of esters is 1. The van der Waals surface area contributed by atoms with E-state index in [0.29, 0.717) is 26.6 Å². The minimum absolute atomic E-state index is 0.0180. The van der Waals surface area contributed by atoms with Crippen molar-refractivity contribution < 1.29 is 32.1 Å². The lowest BCUT2D eigenvalue weighted by atomic mass is 10.2.